The summed E-state index contributed by atoms with van der Waals surface area (Å²) in [7, 11) is 0. The van der Waals surface area contributed by atoms with E-state index in [0.29, 0.717) is 22.2 Å². The Hall–Kier alpha value is -3.84. The Morgan fingerprint density at radius 2 is 1.44 bits per heavy atom. The summed E-state index contributed by atoms with van der Waals surface area (Å²) in [5.41, 5.74) is 1.51. The third-order valence-corrected chi connectivity index (χ3v) is 5.04. The number of rotatable bonds is 10. The van der Waals surface area contributed by atoms with Crippen LogP contribution in [0.3, 0.4) is 0 Å². The molecular weight excluding hydrogens is 456 g/mol. The van der Waals surface area contributed by atoms with Gasteiger partial charge >= 0.3 is 5.97 Å². The Bertz CT molecular complexity index is 1100. The first-order valence-electron chi connectivity index (χ1n) is 10.7. The van der Waals surface area contributed by atoms with Gasteiger partial charge in [-0.15, -0.1) is 0 Å². The highest BCUT2D eigenvalue weighted by atomic mass is 35.5. The van der Waals surface area contributed by atoms with Crippen LogP contribution in [0.25, 0.3) is 0 Å². The van der Waals surface area contributed by atoms with Crippen LogP contribution in [-0.4, -0.2) is 24.4 Å². The maximum Gasteiger partial charge on any atom is 0.306 e. The molecule has 8 heteroatoms. The first-order chi connectivity index (χ1) is 16.4. The van der Waals surface area contributed by atoms with Crippen molar-refractivity contribution in [1.82, 2.24) is 5.32 Å². The minimum atomic E-state index is -0.621. The Labute approximate surface area is 203 Å². The number of nitrogens with one attached hydrogen (secondary N) is 2. The quantitative estimate of drug-likeness (QED) is 0.385. The Morgan fingerprint density at radius 1 is 0.824 bits per heavy atom. The van der Waals surface area contributed by atoms with Crippen LogP contribution in [0.5, 0.6) is 11.5 Å². The third-order valence-electron chi connectivity index (χ3n) is 4.78. The molecule has 0 radical (unpaired) electrons. The van der Waals surface area contributed by atoms with Gasteiger partial charge in [-0.05, 0) is 61.0 Å². The number of anilines is 1. The molecular formula is C26H25ClN2O5. The SMILES string of the molecule is C[C@@H](NC(=O)COC(=O)CCC(=O)Nc1ccc(Oc2ccc(Cl)cc2)cc1)c1ccccc1. The second-order valence-electron chi connectivity index (χ2n) is 7.49. The van der Waals surface area contributed by atoms with E-state index in [0.717, 1.165) is 5.56 Å². The third kappa shape index (κ3) is 8.26. The number of carbonyl (C=O) groups is 3. The number of ether oxygens (including phenoxy) is 2. The molecule has 34 heavy (non-hydrogen) atoms. The lowest BCUT2D eigenvalue weighted by atomic mass is 10.1. The number of hydrogen-bond donors (Lipinski definition) is 2. The molecule has 0 spiro atoms. The van der Waals surface area contributed by atoms with E-state index in [2.05, 4.69) is 10.6 Å². The highest BCUT2D eigenvalue weighted by Gasteiger charge is 2.13. The molecule has 1 atom stereocenters. The molecule has 0 saturated carbocycles. The number of benzene rings is 3. The maximum absolute atomic E-state index is 12.1. The summed E-state index contributed by atoms with van der Waals surface area (Å²) in [6, 6.07) is 23.0. The fourth-order valence-corrected chi connectivity index (χ4v) is 3.14. The molecule has 0 heterocycles. The lowest BCUT2D eigenvalue weighted by Crippen LogP contribution is -2.31. The normalized spacial score (nSPS) is 11.2. The number of hydrogen-bond acceptors (Lipinski definition) is 5. The van der Waals surface area contributed by atoms with E-state index in [1.807, 2.05) is 37.3 Å². The van der Waals surface area contributed by atoms with Crippen LogP contribution in [0, 0.1) is 0 Å². The fraction of sp³-hybridized carbons (Fsp3) is 0.192. The zero-order valence-corrected chi connectivity index (χ0v) is 19.4. The van der Waals surface area contributed by atoms with Crippen LogP contribution in [0.15, 0.2) is 78.9 Å². The van der Waals surface area contributed by atoms with Gasteiger partial charge in [0.2, 0.25) is 5.91 Å². The van der Waals surface area contributed by atoms with E-state index in [4.69, 9.17) is 21.1 Å². The van der Waals surface area contributed by atoms with E-state index >= 15 is 0 Å². The second-order valence-corrected chi connectivity index (χ2v) is 7.93. The standard InChI is InChI=1S/C26H25ClN2O5/c1-18(19-5-3-2-4-6-19)28-25(31)17-33-26(32)16-15-24(30)29-21-9-13-23(14-10-21)34-22-11-7-20(27)8-12-22/h2-14,18H,15-17H2,1H3,(H,28,31)(H,29,30)/t18-/m1/s1. The van der Waals surface area contributed by atoms with Crippen molar-refractivity contribution in [1.29, 1.82) is 0 Å². The summed E-state index contributed by atoms with van der Waals surface area (Å²) < 4.78 is 10.7. The first-order valence-corrected chi connectivity index (χ1v) is 11.1. The smallest absolute Gasteiger partial charge is 0.306 e. The van der Waals surface area contributed by atoms with E-state index in [1.54, 1.807) is 48.5 Å². The molecule has 0 fully saturated rings. The zero-order valence-electron chi connectivity index (χ0n) is 18.6. The predicted octanol–water partition coefficient (Wildman–Crippen LogP) is 5.27. The van der Waals surface area contributed by atoms with E-state index in [9.17, 15) is 14.4 Å². The predicted molar refractivity (Wildman–Crippen MR) is 130 cm³/mol. The largest absolute Gasteiger partial charge is 0.457 e. The van der Waals surface area contributed by atoms with Gasteiger partial charge in [0.15, 0.2) is 6.61 Å². The van der Waals surface area contributed by atoms with Crippen molar-refractivity contribution in [2.45, 2.75) is 25.8 Å². The van der Waals surface area contributed by atoms with Crippen LogP contribution >= 0.6 is 11.6 Å². The average molecular weight is 481 g/mol. The summed E-state index contributed by atoms with van der Waals surface area (Å²) in [6.45, 7) is 1.45. The number of halogens is 1. The van der Waals surface area contributed by atoms with Crippen molar-refractivity contribution >= 4 is 35.1 Å². The van der Waals surface area contributed by atoms with Crippen molar-refractivity contribution in [2.24, 2.45) is 0 Å². The van der Waals surface area contributed by atoms with Gasteiger partial charge in [-0.25, -0.2) is 0 Å². The van der Waals surface area contributed by atoms with Gasteiger partial charge in [-0.2, -0.15) is 0 Å². The van der Waals surface area contributed by atoms with Crippen LogP contribution in [-0.2, 0) is 19.1 Å². The molecule has 0 aliphatic carbocycles. The number of carbonyl (C=O) groups excluding carboxylic acids is 3. The molecule has 2 amide bonds. The Balaban J connectivity index is 1.35. The van der Waals surface area contributed by atoms with Gasteiger partial charge in [0.25, 0.3) is 5.91 Å². The number of esters is 1. The molecule has 0 aliphatic heterocycles. The molecule has 3 aromatic carbocycles. The van der Waals surface area contributed by atoms with Gasteiger partial charge < -0.3 is 20.1 Å². The summed E-state index contributed by atoms with van der Waals surface area (Å²) in [6.07, 6.45) is -0.199. The van der Waals surface area contributed by atoms with Gasteiger partial charge in [0.05, 0.1) is 12.5 Å². The second kappa shape index (κ2) is 12.4. The molecule has 2 N–H and O–H groups in total. The molecule has 0 bridgehead atoms. The van der Waals surface area contributed by atoms with Crippen LogP contribution in [0.2, 0.25) is 5.02 Å². The number of amides is 2. The first kappa shape index (κ1) is 24.8. The van der Waals surface area contributed by atoms with Crippen molar-refractivity contribution in [3.8, 4) is 11.5 Å². The topological polar surface area (TPSA) is 93.7 Å². The van der Waals surface area contributed by atoms with Crippen molar-refractivity contribution in [3.05, 3.63) is 89.4 Å². The molecule has 7 nitrogen and oxygen atoms in total. The van der Waals surface area contributed by atoms with Crippen molar-refractivity contribution < 1.29 is 23.9 Å². The lowest BCUT2D eigenvalue weighted by Gasteiger charge is -2.14. The molecule has 3 aromatic rings. The van der Waals surface area contributed by atoms with Crippen molar-refractivity contribution in [3.63, 3.8) is 0 Å². The molecule has 0 aromatic heterocycles. The van der Waals surface area contributed by atoms with Crippen LogP contribution in [0.1, 0.15) is 31.4 Å². The summed E-state index contributed by atoms with van der Waals surface area (Å²) in [5, 5.41) is 6.09. The van der Waals surface area contributed by atoms with Gasteiger partial charge in [-0.1, -0.05) is 41.9 Å². The average Bonchev–Trinajstić information content (AvgIpc) is 2.84. The van der Waals surface area contributed by atoms with E-state index < -0.39 is 18.5 Å². The molecule has 0 unspecified atom stereocenters. The lowest BCUT2D eigenvalue weighted by molar-refractivity contribution is -0.149. The summed E-state index contributed by atoms with van der Waals surface area (Å²) in [4.78, 5) is 36.0. The van der Waals surface area contributed by atoms with Crippen LogP contribution < -0.4 is 15.4 Å². The van der Waals surface area contributed by atoms with Crippen molar-refractivity contribution in [2.75, 3.05) is 11.9 Å². The fourth-order valence-electron chi connectivity index (χ4n) is 3.01. The zero-order chi connectivity index (χ0) is 24.3. The van der Waals surface area contributed by atoms with E-state index in [-0.39, 0.29) is 24.8 Å². The monoisotopic (exact) mass is 480 g/mol. The highest BCUT2D eigenvalue weighted by Crippen LogP contribution is 2.24. The Kier molecular flexibility index (Phi) is 9.05. The molecule has 3 rings (SSSR count). The molecule has 0 aliphatic rings. The van der Waals surface area contributed by atoms with Crippen LogP contribution in [0.4, 0.5) is 5.69 Å². The summed E-state index contributed by atoms with van der Waals surface area (Å²) >= 11 is 5.86. The highest BCUT2D eigenvalue weighted by molar-refractivity contribution is 6.30. The minimum absolute atomic E-state index is 0.0656. The van der Waals surface area contributed by atoms with Gasteiger partial charge in [0.1, 0.15) is 11.5 Å². The maximum atomic E-state index is 12.1. The minimum Gasteiger partial charge on any atom is -0.457 e. The molecule has 176 valence electrons. The van der Waals surface area contributed by atoms with Gasteiger partial charge in [-0.3, -0.25) is 14.4 Å². The van der Waals surface area contributed by atoms with E-state index in [1.165, 1.54) is 0 Å². The Morgan fingerprint density at radius 3 is 2.09 bits per heavy atom. The summed E-state index contributed by atoms with van der Waals surface area (Å²) in [5.74, 6) is -0.128. The molecule has 0 saturated heterocycles. The van der Waals surface area contributed by atoms with Gasteiger partial charge in [0, 0.05) is 17.1 Å².